The lowest BCUT2D eigenvalue weighted by Crippen LogP contribution is -2.54. The lowest BCUT2D eigenvalue weighted by Gasteiger charge is -2.28. The summed E-state index contributed by atoms with van der Waals surface area (Å²) >= 11 is 0. The summed E-state index contributed by atoms with van der Waals surface area (Å²) < 4.78 is 30.5. The van der Waals surface area contributed by atoms with Crippen LogP contribution in [0.5, 0.6) is 0 Å². The van der Waals surface area contributed by atoms with Crippen molar-refractivity contribution < 1.29 is 17.9 Å². The van der Waals surface area contributed by atoms with Crippen molar-refractivity contribution in [2.24, 2.45) is 0 Å². The molecule has 0 radical (unpaired) electrons. The Bertz CT molecular complexity index is 337. The first-order chi connectivity index (χ1) is 7.19. The summed E-state index contributed by atoms with van der Waals surface area (Å²) in [6.45, 7) is 6.55. The highest BCUT2D eigenvalue weighted by Crippen LogP contribution is 2.17. The second-order valence-electron chi connectivity index (χ2n) is 4.27. The van der Waals surface area contributed by atoms with Crippen LogP contribution in [-0.4, -0.2) is 32.3 Å². The monoisotopic (exact) mass is 251 g/mol. The quantitative estimate of drug-likeness (QED) is 0.716. The van der Waals surface area contributed by atoms with Crippen LogP contribution in [0.3, 0.4) is 0 Å². The predicted octanol–water partition coefficient (Wildman–Crippen LogP) is 1.05. The second kappa shape index (κ2) is 5.63. The van der Waals surface area contributed by atoms with Crippen molar-refractivity contribution in [2.45, 2.75) is 51.3 Å². The Kier molecular flexibility index (Phi) is 5.41. The van der Waals surface area contributed by atoms with Gasteiger partial charge >= 0.3 is 5.97 Å². The highest BCUT2D eigenvalue weighted by atomic mass is 32.2. The number of rotatable bonds is 6. The highest BCUT2D eigenvalue weighted by Gasteiger charge is 2.38. The number of hydrogen-bond donors (Lipinski definition) is 1. The van der Waals surface area contributed by atoms with Gasteiger partial charge in [-0.05, 0) is 27.2 Å². The van der Waals surface area contributed by atoms with Crippen molar-refractivity contribution in [1.29, 1.82) is 0 Å². The molecule has 0 aliphatic rings. The predicted molar refractivity (Wildman–Crippen MR) is 62.5 cm³/mol. The Labute approximate surface area is 97.6 Å². The van der Waals surface area contributed by atoms with Crippen LogP contribution in [0.2, 0.25) is 0 Å². The number of esters is 1. The van der Waals surface area contributed by atoms with Gasteiger partial charge in [-0.25, -0.2) is 8.42 Å². The van der Waals surface area contributed by atoms with Gasteiger partial charge in [0.25, 0.3) is 0 Å². The van der Waals surface area contributed by atoms with Crippen LogP contribution in [0.25, 0.3) is 0 Å². The normalized spacial score (nSPS) is 15.9. The number of nitrogens with one attached hydrogen (secondary N) is 1. The third-order valence-corrected chi connectivity index (χ3v) is 4.35. The van der Waals surface area contributed by atoms with E-state index in [4.69, 9.17) is 0 Å². The molecule has 96 valence electrons. The van der Waals surface area contributed by atoms with Crippen LogP contribution in [-0.2, 0) is 19.6 Å². The highest BCUT2D eigenvalue weighted by molar-refractivity contribution is 7.90. The molecule has 0 aromatic carbocycles. The Morgan fingerprint density at radius 1 is 1.44 bits per heavy atom. The van der Waals surface area contributed by atoms with Crippen LogP contribution >= 0.6 is 0 Å². The van der Waals surface area contributed by atoms with Gasteiger partial charge in [-0.15, -0.1) is 0 Å². The Morgan fingerprint density at radius 2 is 1.94 bits per heavy atom. The van der Waals surface area contributed by atoms with Gasteiger partial charge in [0.15, 0.2) is 0 Å². The van der Waals surface area contributed by atoms with E-state index >= 15 is 0 Å². The van der Waals surface area contributed by atoms with E-state index in [-0.39, 0.29) is 0 Å². The van der Waals surface area contributed by atoms with E-state index in [0.717, 1.165) is 0 Å². The first-order valence-corrected chi connectivity index (χ1v) is 6.85. The minimum Gasteiger partial charge on any atom is -0.468 e. The second-order valence-corrected chi connectivity index (χ2v) is 6.51. The van der Waals surface area contributed by atoms with Crippen molar-refractivity contribution in [2.75, 3.05) is 7.11 Å². The largest absolute Gasteiger partial charge is 0.468 e. The fourth-order valence-electron chi connectivity index (χ4n) is 1.35. The van der Waals surface area contributed by atoms with Crippen molar-refractivity contribution >= 4 is 16.0 Å². The first kappa shape index (κ1) is 15.4. The molecule has 0 spiro atoms. The molecular formula is C10H21NO4S. The summed E-state index contributed by atoms with van der Waals surface area (Å²) in [5, 5.41) is -0.576. The summed E-state index contributed by atoms with van der Waals surface area (Å²) in [5.74, 6) is -0.557. The number of sulfonamides is 1. The van der Waals surface area contributed by atoms with E-state index in [9.17, 15) is 13.2 Å². The fraction of sp³-hybridized carbons (Fsp3) is 0.900. The van der Waals surface area contributed by atoms with Crippen LogP contribution in [0.1, 0.15) is 40.5 Å². The molecule has 0 aromatic heterocycles. The number of hydrogen-bond acceptors (Lipinski definition) is 4. The lowest BCUT2D eigenvalue weighted by molar-refractivity contribution is -0.147. The maximum Gasteiger partial charge on any atom is 0.326 e. The molecule has 0 saturated carbocycles. The molecule has 1 N–H and O–H groups in total. The van der Waals surface area contributed by atoms with E-state index in [1.165, 1.54) is 7.11 Å². The number of carbonyl (C=O) groups excluding carboxylic acids is 1. The van der Waals surface area contributed by atoms with Crippen molar-refractivity contribution in [3.05, 3.63) is 0 Å². The molecule has 5 nitrogen and oxygen atoms in total. The molecule has 0 fully saturated rings. The minimum absolute atomic E-state index is 0.408. The first-order valence-electron chi connectivity index (χ1n) is 5.31. The average molecular weight is 251 g/mol. The molecule has 0 bridgehead atoms. The van der Waals surface area contributed by atoms with Gasteiger partial charge in [-0.2, -0.15) is 4.72 Å². The molecule has 0 heterocycles. The maximum atomic E-state index is 11.7. The van der Waals surface area contributed by atoms with Gasteiger partial charge in [0.2, 0.25) is 10.0 Å². The molecule has 0 aliphatic carbocycles. The van der Waals surface area contributed by atoms with E-state index in [0.29, 0.717) is 12.8 Å². The molecule has 0 rings (SSSR count). The van der Waals surface area contributed by atoms with E-state index in [1.807, 2.05) is 6.92 Å². The number of methoxy groups -OCH3 is 1. The van der Waals surface area contributed by atoms with E-state index in [1.54, 1.807) is 20.8 Å². The molecule has 0 aromatic rings. The average Bonchev–Trinajstić information content (AvgIpc) is 2.15. The van der Waals surface area contributed by atoms with Gasteiger partial charge < -0.3 is 4.74 Å². The van der Waals surface area contributed by atoms with Gasteiger partial charge in [-0.3, -0.25) is 4.79 Å². The molecule has 1 atom stereocenters. The van der Waals surface area contributed by atoms with E-state index in [2.05, 4.69) is 9.46 Å². The van der Waals surface area contributed by atoms with Gasteiger partial charge in [0.1, 0.15) is 5.54 Å². The van der Waals surface area contributed by atoms with Crippen molar-refractivity contribution in [3.63, 3.8) is 0 Å². The van der Waals surface area contributed by atoms with Gasteiger partial charge in [0.05, 0.1) is 12.4 Å². The standard InChI is InChI=1S/C10H21NO4S/c1-6-7-10(4,9(12)15-5)11-16(13,14)8(2)3/h8,11H,6-7H2,1-5H3. The zero-order chi connectivity index (χ0) is 13.0. The Balaban J connectivity index is 5.03. The van der Waals surface area contributed by atoms with Crippen LogP contribution in [0.15, 0.2) is 0 Å². The summed E-state index contributed by atoms with van der Waals surface area (Å²) in [6, 6.07) is 0. The molecule has 0 amide bonds. The smallest absolute Gasteiger partial charge is 0.326 e. The fourth-order valence-corrected chi connectivity index (χ4v) is 2.40. The Morgan fingerprint density at radius 3 is 2.25 bits per heavy atom. The third-order valence-electron chi connectivity index (χ3n) is 2.37. The van der Waals surface area contributed by atoms with Crippen LogP contribution in [0.4, 0.5) is 0 Å². The van der Waals surface area contributed by atoms with Crippen molar-refractivity contribution in [1.82, 2.24) is 4.72 Å². The molecule has 1 unspecified atom stereocenters. The summed E-state index contributed by atoms with van der Waals surface area (Å²) in [6.07, 6.45) is 1.10. The van der Waals surface area contributed by atoms with Gasteiger partial charge in [0, 0.05) is 0 Å². The number of ether oxygens (including phenoxy) is 1. The topological polar surface area (TPSA) is 72.5 Å². The lowest BCUT2D eigenvalue weighted by atomic mass is 9.98. The van der Waals surface area contributed by atoms with E-state index < -0.39 is 26.8 Å². The Hall–Kier alpha value is -0.620. The molecule has 0 saturated heterocycles. The summed E-state index contributed by atoms with van der Waals surface area (Å²) in [4.78, 5) is 11.6. The summed E-state index contributed by atoms with van der Waals surface area (Å²) in [7, 11) is -2.23. The zero-order valence-electron chi connectivity index (χ0n) is 10.5. The van der Waals surface area contributed by atoms with Gasteiger partial charge in [-0.1, -0.05) is 13.3 Å². The van der Waals surface area contributed by atoms with Crippen LogP contribution in [0, 0.1) is 0 Å². The number of carbonyl (C=O) groups is 1. The molecule has 16 heavy (non-hydrogen) atoms. The SMILES string of the molecule is CCCC(C)(NS(=O)(=O)C(C)C)C(=O)OC. The zero-order valence-corrected chi connectivity index (χ0v) is 11.3. The third kappa shape index (κ3) is 3.75. The molecule has 6 heteroatoms. The minimum atomic E-state index is -3.48. The maximum absolute atomic E-state index is 11.7. The van der Waals surface area contributed by atoms with Crippen LogP contribution < -0.4 is 4.72 Å². The summed E-state index contributed by atoms with van der Waals surface area (Å²) in [5.41, 5.74) is -1.17. The molecular weight excluding hydrogens is 230 g/mol. The molecule has 0 aliphatic heterocycles. The van der Waals surface area contributed by atoms with Crippen molar-refractivity contribution in [3.8, 4) is 0 Å².